The summed E-state index contributed by atoms with van der Waals surface area (Å²) in [6.07, 6.45) is 0. The molecule has 0 bridgehead atoms. The molecule has 4 nitrogen and oxygen atoms in total. The van der Waals surface area contributed by atoms with Gasteiger partial charge in [-0.05, 0) is 42.9 Å². The second-order valence-corrected chi connectivity index (χ2v) is 6.19. The lowest BCUT2D eigenvalue weighted by atomic mass is 9.85. The monoisotopic (exact) mass is 291 g/mol. The lowest BCUT2D eigenvalue weighted by molar-refractivity contribution is 0.0956. The molecule has 0 aliphatic rings. The first-order valence-electron chi connectivity index (χ1n) is 7.78. The highest BCUT2D eigenvalue weighted by Crippen LogP contribution is 2.24. The number of benzene rings is 1. The highest BCUT2D eigenvalue weighted by molar-refractivity contribution is 5.96. The maximum atomic E-state index is 11.9. The molecule has 1 aromatic rings. The zero-order chi connectivity index (χ0) is 16.0. The summed E-state index contributed by atoms with van der Waals surface area (Å²) < 4.78 is 0. The molecule has 1 rings (SSSR count). The Balaban J connectivity index is 2.82. The minimum absolute atomic E-state index is 0.0650. The normalized spacial score (nSPS) is 11.2. The fourth-order valence-corrected chi connectivity index (χ4v) is 2.58. The van der Waals surface area contributed by atoms with E-state index in [1.165, 1.54) is 0 Å². The van der Waals surface area contributed by atoms with Crippen LogP contribution in [0.4, 0.5) is 11.4 Å². The molecule has 0 radical (unpaired) electrons. The minimum Gasteiger partial charge on any atom is -0.397 e. The third kappa shape index (κ3) is 4.96. The van der Waals surface area contributed by atoms with Crippen molar-refractivity contribution in [2.24, 2.45) is 17.8 Å². The summed E-state index contributed by atoms with van der Waals surface area (Å²) in [6.45, 7) is 12.3. The van der Waals surface area contributed by atoms with Gasteiger partial charge in [0.15, 0.2) is 0 Å². The number of nitrogens with two attached hydrogens (primary N) is 1. The molecule has 4 heteroatoms. The van der Waals surface area contributed by atoms with Crippen molar-refractivity contribution in [2.75, 3.05) is 24.1 Å². The molecule has 0 saturated carbocycles. The van der Waals surface area contributed by atoms with E-state index in [2.05, 4.69) is 38.3 Å². The maximum Gasteiger partial charge on any atom is 0.251 e. The predicted octanol–water partition coefficient (Wildman–Crippen LogP) is 3.36. The van der Waals surface area contributed by atoms with Gasteiger partial charge in [0.1, 0.15) is 0 Å². The van der Waals surface area contributed by atoms with Crippen LogP contribution in [0.1, 0.15) is 45.0 Å². The first-order chi connectivity index (χ1) is 9.86. The third-order valence-electron chi connectivity index (χ3n) is 3.89. The van der Waals surface area contributed by atoms with Crippen molar-refractivity contribution in [3.8, 4) is 0 Å². The van der Waals surface area contributed by atoms with Gasteiger partial charge in [0.2, 0.25) is 0 Å². The molecule has 118 valence electrons. The topological polar surface area (TPSA) is 67.2 Å². The Morgan fingerprint density at radius 1 is 1.19 bits per heavy atom. The Kier molecular flexibility index (Phi) is 6.53. The average Bonchev–Trinajstić information content (AvgIpc) is 2.40. The van der Waals surface area contributed by atoms with Gasteiger partial charge in [-0.25, -0.2) is 0 Å². The van der Waals surface area contributed by atoms with Crippen LogP contribution in [0.15, 0.2) is 18.2 Å². The molecule has 0 atom stereocenters. The predicted molar refractivity (Wildman–Crippen MR) is 90.5 cm³/mol. The summed E-state index contributed by atoms with van der Waals surface area (Å²) >= 11 is 0. The third-order valence-corrected chi connectivity index (χ3v) is 3.89. The van der Waals surface area contributed by atoms with Gasteiger partial charge in [-0.1, -0.05) is 27.7 Å². The van der Waals surface area contributed by atoms with E-state index in [4.69, 9.17) is 5.73 Å². The van der Waals surface area contributed by atoms with E-state index in [1.807, 2.05) is 13.0 Å². The van der Waals surface area contributed by atoms with Crippen molar-refractivity contribution in [3.05, 3.63) is 23.8 Å². The summed E-state index contributed by atoms with van der Waals surface area (Å²) in [4.78, 5) is 11.9. The molecule has 0 spiro atoms. The Morgan fingerprint density at radius 2 is 1.81 bits per heavy atom. The number of amides is 1. The van der Waals surface area contributed by atoms with Crippen LogP contribution < -0.4 is 16.4 Å². The van der Waals surface area contributed by atoms with Crippen molar-refractivity contribution in [3.63, 3.8) is 0 Å². The lowest BCUT2D eigenvalue weighted by Gasteiger charge is -2.26. The molecule has 0 saturated heterocycles. The Bertz CT molecular complexity index is 461. The van der Waals surface area contributed by atoms with Crippen molar-refractivity contribution >= 4 is 17.3 Å². The van der Waals surface area contributed by atoms with Crippen LogP contribution in [-0.4, -0.2) is 19.0 Å². The summed E-state index contributed by atoms with van der Waals surface area (Å²) in [7, 11) is 0. The zero-order valence-electron chi connectivity index (χ0n) is 13.9. The van der Waals surface area contributed by atoms with Crippen molar-refractivity contribution in [1.29, 1.82) is 0 Å². The highest BCUT2D eigenvalue weighted by atomic mass is 16.1. The van der Waals surface area contributed by atoms with Crippen LogP contribution in [0.2, 0.25) is 0 Å². The summed E-state index contributed by atoms with van der Waals surface area (Å²) in [6, 6.07) is 5.37. The minimum atomic E-state index is -0.0650. The van der Waals surface area contributed by atoms with E-state index in [0.29, 0.717) is 35.5 Å². The van der Waals surface area contributed by atoms with Crippen LogP contribution in [0.25, 0.3) is 0 Å². The van der Waals surface area contributed by atoms with Gasteiger partial charge in [0.05, 0.1) is 11.4 Å². The molecule has 0 aliphatic carbocycles. The summed E-state index contributed by atoms with van der Waals surface area (Å²) in [5.41, 5.74) is 8.16. The molecule has 4 N–H and O–H groups in total. The van der Waals surface area contributed by atoms with Gasteiger partial charge >= 0.3 is 0 Å². The van der Waals surface area contributed by atoms with Gasteiger partial charge in [0, 0.05) is 18.7 Å². The quantitative estimate of drug-likeness (QED) is 0.675. The molecular formula is C17H29N3O. The molecule has 1 aromatic carbocycles. The molecule has 0 unspecified atom stereocenters. The fraction of sp³-hybridized carbons (Fsp3) is 0.588. The van der Waals surface area contributed by atoms with E-state index in [9.17, 15) is 4.79 Å². The van der Waals surface area contributed by atoms with Crippen molar-refractivity contribution in [1.82, 2.24) is 5.32 Å². The number of nitrogen functional groups attached to an aromatic ring is 1. The van der Waals surface area contributed by atoms with Crippen LogP contribution in [0.5, 0.6) is 0 Å². The Hall–Kier alpha value is -1.71. The number of hydrogen-bond acceptors (Lipinski definition) is 3. The summed E-state index contributed by atoms with van der Waals surface area (Å²) in [5.74, 6) is 1.71. The van der Waals surface area contributed by atoms with Crippen molar-refractivity contribution in [2.45, 2.75) is 34.6 Å². The number of nitrogens with one attached hydrogen (secondary N) is 2. The van der Waals surface area contributed by atoms with Gasteiger partial charge in [0.25, 0.3) is 5.91 Å². The largest absolute Gasteiger partial charge is 0.397 e. The first-order valence-corrected chi connectivity index (χ1v) is 7.78. The summed E-state index contributed by atoms with van der Waals surface area (Å²) in [5, 5.41) is 6.21. The fourth-order valence-electron chi connectivity index (χ4n) is 2.58. The molecule has 0 heterocycles. The Labute approximate surface area is 128 Å². The number of carbonyl (C=O) groups is 1. The molecule has 0 fully saturated rings. The number of carbonyl (C=O) groups excluding carboxylic acids is 1. The van der Waals surface area contributed by atoms with Crippen molar-refractivity contribution < 1.29 is 4.79 Å². The lowest BCUT2D eigenvalue weighted by Crippen LogP contribution is -2.25. The van der Waals surface area contributed by atoms with Crippen LogP contribution >= 0.6 is 0 Å². The van der Waals surface area contributed by atoms with Crippen LogP contribution in [-0.2, 0) is 0 Å². The Morgan fingerprint density at radius 3 is 2.33 bits per heavy atom. The number of hydrogen-bond donors (Lipinski definition) is 3. The number of rotatable bonds is 7. The van der Waals surface area contributed by atoms with Gasteiger partial charge in [-0.3, -0.25) is 4.79 Å². The maximum absolute atomic E-state index is 11.9. The van der Waals surface area contributed by atoms with E-state index < -0.39 is 0 Å². The second kappa shape index (κ2) is 7.91. The van der Waals surface area contributed by atoms with Gasteiger partial charge < -0.3 is 16.4 Å². The van der Waals surface area contributed by atoms with Crippen LogP contribution in [0.3, 0.4) is 0 Å². The number of anilines is 2. The standard InChI is InChI=1S/C17H29N3O/c1-6-19-17(21)13-7-8-15(18)16(9-13)20-10-14(11(2)3)12(4)5/h7-9,11-12,14,20H,6,10,18H2,1-5H3,(H,19,21). The van der Waals surface area contributed by atoms with Gasteiger partial charge in [-0.15, -0.1) is 0 Å². The zero-order valence-corrected chi connectivity index (χ0v) is 13.9. The first kappa shape index (κ1) is 17.3. The smallest absolute Gasteiger partial charge is 0.251 e. The van der Waals surface area contributed by atoms with E-state index in [1.54, 1.807) is 12.1 Å². The molecule has 0 aromatic heterocycles. The van der Waals surface area contributed by atoms with E-state index in [-0.39, 0.29) is 5.91 Å². The molecule has 0 aliphatic heterocycles. The SMILES string of the molecule is CCNC(=O)c1ccc(N)c(NCC(C(C)C)C(C)C)c1. The van der Waals surface area contributed by atoms with Gasteiger partial charge in [-0.2, -0.15) is 0 Å². The average molecular weight is 291 g/mol. The van der Waals surface area contributed by atoms with E-state index >= 15 is 0 Å². The van der Waals surface area contributed by atoms with Crippen LogP contribution in [0, 0.1) is 17.8 Å². The molecule has 21 heavy (non-hydrogen) atoms. The molecule has 1 amide bonds. The highest BCUT2D eigenvalue weighted by Gasteiger charge is 2.17. The van der Waals surface area contributed by atoms with E-state index in [0.717, 1.165) is 12.2 Å². The second-order valence-electron chi connectivity index (χ2n) is 6.19. The molecular weight excluding hydrogens is 262 g/mol.